The highest BCUT2D eigenvalue weighted by Gasteiger charge is 2.29. The number of aryl methyl sites for hydroxylation is 1. The summed E-state index contributed by atoms with van der Waals surface area (Å²) in [4.78, 5) is 12.5. The van der Waals surface area contributed by atoms with Crippen LogP contribution >= 0.6 is 24.0 Å². The predicted octanol–water partition coefficient (Wildman–Crippen LogP) is 3.67. The van der Waals surface area contributed by atoms with Crippen LogP contribution in [0.15, 0.2) is 22.6 Å². The third-order valence-corrected chi connectivity index (χ3v) is 4.62. The smallest absolute Gasteiger partial charge is 0.287 e. The Bertz CT molecular complexity index is 684. The van der Waals surface area contributed by atoms with Crippen LogP contribution in [0.4, 0.5) is 0 Å². The average Bonchev–Trinajstić information content (AvgIpc) is 3.04. The van der Waals surface area contributed by atoms with E-state index in [1.807, 2.05) is 13.0 Å². The molecule has 1 saturated carbocycles. The van der Waals surface area contributed by atoms with Gasteiger partial charge in [0.25, 0.3) is 5.91 Å². The van der Waals surface area contributed by atoms with E-state index in [0.29, 0.717) is 28.8 Å². The van der Waals surface area contributed by atoms with E-state index in [1.54, 1.807) is 12.1 Å². The van der Waals surface area contributed by atoms with Crippen molar-refractivity contribution in [2.24, 2.45) is 11.7 Å². The molecule has 2 unspecified atom stereocenters. The number of rotatable bonds is 3. The molecular weight excluding hydrogens is 323 g/mol. The molecule has 0 radical (unpaired) electrons. The van der Waals surface area contributed by atoms with Crippen molar-refractivity contribution < 1.29 is 9.21 Å². The number of benzene rings is 1. The summed E-state index contributed by atoms with van der Waals surface area (Å²) in [5, 5.41) is 4.59. The lowest BCUT2D eigenvalue weighted by atomic mass is 10.0. The predicted molar refractivity (Wildman–Crippen MR) is 90.9 cm³/mol. The molecule has 1 fully saturated rings. The molecule has 1 aromatic heterocycles. The van der Waals surface area contributed by atoms with Crippen molar-refractivity contribution in [3.05, 3.63) is 34.5 Å². The van der Waals surface area contributed by atoms with Crippen molar-refractivity contribution in [2.75, 3.05) is 6.54 Å². The average molecular weight is 343 g/mol. The van der Waals surface area contributed by atoms with Crippen LogP contribution in [0.1, 0.15) is 35.4 Å². The Morgan fingerprint density at radius 2 is 2.23 bits per heavy atom. The molecule has 1 amide bonds. The van der Waals surface area contributed by atoms with E-state index < -0.39 is 0 Å². The minimum atomic E-state index is -0.162. The number of fused-ring (bicyclic) bond motifs is 1. The van der Waals surface area contributed by atoms with Gasteiger partial charge in [-0.25, -0.2) is 0 Å². The van der Waals surface area contributed by atoms with Crippen LogP contribution in [0.5, 0.6) is 0 Å². The van der Waals surface area contributed by atoms with Crippen molar-refractivity contribution in [3.8, 4) is 0 Å². The summed E-state index contributed by atoms with van der Waals surface area (Å²) < 4.78 is 5.69. The lowest BCUT2D eigenvalue weighted by molar-refractivity contribution is 0.0902. The Balaban J connectivity index is 0.00000176. The lowest BCUT2D eigenvalue weighted by Crippen LogP contribution is -2.39. The maximum atomic E-state index is 12.5. The standard InChI is InChI=1S/C16H19ClN2O2.ClH/c1-9-12-7-11(17)5-6-14(12)21-15(9)16(20)19-13-4-2-3-10(13)8-18;/h5-7,10,13H,2-4,8,18H2,1H3,(H,19,20);1H. The highest BCUT2D eigenvalue weighted by molar-refractivity contribution is 6.31. The summed E-state index contributed by atoms with van der Waals surface area (Å²) in [6.45, 7) is 2.49. The summed E-state index contributed by atoms with van der Waals surface area (Å²) >= 11 is 6.00. The molecule has 6 heteroatoms. The van der Waals surface area contributed by atoms with Crippen molar-refractivity contribution in [1.82, 2.24) is 5.32 Å². The molecule has 1 aromatic carbocycles. The van der Waals surface area contributed by atoms with E-state index in [4.69, 9.17) is 21.8 Å². The fourth-order valence-electron chi connectivity index (χ4n) is 3.15. The third kappa shape index (κ3) is 3.09. The van der Waals surface area contributed by atoms with Gasteiger partial charge in [0.2, 0.25) is 0 Å². The van der Waals surface area contributed by atoms with Gasteiger partial charge in [0, 0.05) is 22.0 Å². The number of hydrogen-bond acceptors (Lipinski definition) is 3. The second-order valence-electron chi connectivity index (χ2n) is 5.70. The largest absolute Gasteiger partial charge is 0.451 e. The zero-order chi connectivity index (χ0) is 15.0. The van der Waals surface area contributed by atoms with E-state index in [2.05, 4.69) is 5.32 Å². The van der Waals surface area contributed by atoms with Gasteiger partial charge in [0.1, 0.15) is 5.58 Å². The van der Waals surface area contributed by atoms with Crippen LogP contribution in [-0.4, -0.2) is 18.5 Å². The Kier molecular flexibility index (Phi) is 5.37. The SMILES string of the molecule is Cc1c(C(=O)NC2CCCC2CN)oc2ccc(Cl)cc12.Cl. The Hall–Kier alpha value is -1.23. The van der Waals surface area contributed by atoms with Gasteiger partial charge >= 0.3 is 0 Å². The topological polar surface area (TPSA) is 68.3 Å². The normalized spacial score (nSPS) is 20.9. The molecule has 4 nitrogen and oxygen atoms in total. The minimum Gasteiger partial charge on any atom is -0.451 e. The molecular formula is C16H20Cl2N2O2. The number of halogens is 2. The minimum absolute atomic E-state index is 0. The number of amides is 1. The van der Waals surface area contributed by atoms with E-state index in [9.17, 15) is 4.79 Å². The molecule has 2 aromatic rings. The first kappa shape index (κ1) is 17.1. The van der Waals surface area contributed by atoms with Gasteiger partial charge in [0.05, 0.1) is 0 Å². The maximum Gasteiger partial charge on any atom is 0.287 e. The van der Waals surface area contributed by atoms with E-state index in [1.165, 1.54) is 0 Å². The van der Waals surface area contributed by atoms with Gasteiger partial charge in [-0.05, 0) is 50.4 Å². The molecule has 0 bridgehead atoms. The monoisotopic (exact) mass is 342 g/mol. The Labute approximate surface area is 140 Å². The lowest BCUT2D eigenvalue weighted by Gasteiger charge is -2.18. The zero-order valence-corrected chi connectivity index (χ0v) is 14.0. The van der Waals surface area contributed by atoms with Crippen molar-refractivity contribution >= 4 is 40.9 Å². The molecule has 0 aliphatic heterocycles. The van der Waals surface area contributed by atoms with E-state index in [-0.39, 0.29) is 24.4 Å². The van der Waals surface area contributed by atoms with Gasteiger partial charge in [-0.2, -0.15) is 0 Å². The van der Waals surface area contributed by atoms with Crippen LogP contribution in [0.3, 0.4) is 0 Å². The highest BCUT2D eigenvalue weighted by Crippen LogP contribution is 2.29. The fourth-order valence-corrected chi connectivity index (χ4v) is 3.32. The van der Waals surface area contributed by atoms with Crippen molar-refractivity contribution in [2.45, 2.75) is 32.2 Å². The number of hydrogen-bond donors (Lipinski definition) is 2. The number of carbonyl (C=O) groups is 1. The number of nitrogens with two attached hydrogens (primary N) is 1. The van der Waals surface area contributed by atoms with E-state index >= 15 is 0 Å². The first-order valence-corrected chi connectivity index (χ1v) is 7.67. The summed E-state index contributed by atoms with van der Waals surface area (Å²) in [5.41, 5.74) is 7.27. The first-order valence-electron chi connectivity index (χ1n) is 7.29. The molecule has 1 aliphatic carbocycles. The van der Waals surface area contributed by atoms with Gasteiger partial charge in [-0.1, -0.05) is 18.0 Å². The second kappa shape index (κ2) is 6.90. The van der Waals surface area contributed by atoms with Crippen molar-refractivity contribution in [1.29, 1.82) is 0 Å². The van der Waals surface area contributed by atoms with Crippen LogP contribution in [0.2, 0.25) is 5.02 Å². The van der Waals surface area contributed by atoms with E-state index in [0.717, 1.165) is 30.2 Å². The van der Waals surface area contributed by atoms with Crippen LogP contribution in [0.25, 0.3) is 11.0 Å². The third-order valence-electron chi connectivity index (χ3n) is 4.38. The summed E-state index contributed by atoms with van der Waals surface area (Å²) in [7, 11) is 0. The highest BCUT2D eigenvalue weighted by atomic mass is 35.5. The number of nitrogens with one attached hydrogen (secondary N) is 1. The second-order valence-corrected chi connectivity index (χ2v) is 6.14. The molecule has 120 valence electrons. The van der Waals surface area contributed by atoms with Gasteiger partial charge < -0.3 is 15.5 Å². The van der Waals surface area contributed by atoms with Gasteiger partial charge in [-0.15, -0.1) is 12.4 Å². The zero-order valence-electron chi connectivity index (χ0n) is 12.4. The van der Waals surface area contributed by atoms with Crippen molar-refractivity contribution in [3.63, 3.8) is 0 Å². The quantitative estimate of drug-likeness (QED) is 0.893. The number of furan rings is 1. The van der Waals surface area contributed by atoms with Crippen LogP contribution in [-0.2, 0) is 0 Å². The first-order chi connectivity index (χ1) is 10.1. The molecule has 1 heterocycles. The molecule has 0 spiro atoms. The Morgan fingerprint density at radius 1 is 1.45 bits per heavy atom. The molecule has 2 atom stereocenters. The van der Waals surface area contributed by atoms with Crippen LogP contribution in [0, 0.1) is 12.8 Å². The van der Waals surface area contributed by atoms with Gasteiger partial charge in [0.15, 0.2) is 5.76 Å². The maximum absolute atomic E-state index is 12.5. The number of carbonyl (C=O) groups excluding carboxylic acids is 1. The molecule has 0 saturated heterocycles. The molecule has 1 aliphatic rings. The van der Waals surface area contributed by atoms with Crippen LogP contribution < -0.4 is 11.1 Å². The molecule has 22 heavy (non-hydrogen) atoms. The van der Waals surface area contributed by atoms with Gasteiger partial charge in [-0.3, -0.25) is 4.79 Å². The summed E-state index contributed by atoms with van der Waals surface area (Å²) in [6.07, 6.45) is 3.18. The molecule has 3 rings (SSSR count). The fraction of sp³-hybridized carbons (Fsp3) is 0.438. The molecule has 3 N–H and O–H groups in total. The summed E-state index contributed by atoms with van der Waals surface area (Å²) in [6, 6.07) is 5.53. The Morgan fingerprint density at radius 3 is 2.95 bits per heavy atom. The summed E-state index contributed by atoms with van der Waals surface area (Å²) in [5.74, 6) is 0.577.